The maximum atomic E-state index is 12.0. The Kier molecular flexibility index (Phi) is 5.55. The van der Waals surface area contributed by atoms with Crippen LogP contribution in [0.3, 0.4) is 0 Å². The molecule has 0 aliphatic carbocycles. The smallest absolute Gasteiger partial charge is 0.305 e. The molecule has 0 saturated heterocycles. The van der Waals surface area contributed by atoms with Crippen LogP contribution in [-0.2, 0) is 9.59 Å². The third-order valence-electron chi connectivity index (χ3n) is 2.96. The number of carboxylic acid groups (broad SMARTS) is 1. The lowest BCUT2D eigenvalue weighted by Crippen LogP contribution is -2.33. The fourth-order valence-corrected chi connectivity index (χ4v) is 2.75. The standard InChI is InChI=1S/C16H17NO4S/c1-11-4-2-5-12(8-11)21-10-15(18)17-13(9-16(19)20)14-6-3-7-22-14/h2-8,13H,9-10H2,1H3,(H,17,18)(H,19,20)/t13-/m0/s1. The number of carbonyl (C=O) groups excluding carboxylic acids is 1. The summed E-state index contributed by atoms with van der Waals surface area (Å²) in [5.74, 6) is -0.694. The summed E-state index contributed by atoms with van der Waals surface area (Å²) in [5.41, 5.74) is 1.04. The number of hydrogen-bond donors (Lipinski definition) is 2. The van der Waals surface area contributed by atoms with Crippen molar-refractivity contribution in [1.82, 2.24) is 5.32 Å². The van der Waals surface area contributed by atoms with E-state index in [1.165, 1.54) is 11.3 Å². The first-order valence-corrected chi connectivity index (χ1v) is 7.66. The van der Waals surface area contributed by atoms with Crippen LogP contribution in [0, 0.1) is 6.92 Å². The van der Waals surface area contributed by atoms with Crippen LogP contribution in [0.25, 0.3) is 0 Å². The quantitative estimate of drug-likeness (QED) is 0.823. The summed E-state index contributed by atoms with van der Waals surface area (Å²) in [7, 11) is 0. The predicted molar refractivity (Wildman–Crippen MR) is 84.1 cm³/mol. The van der Waals surface area contributed by atoms with Crippen molar-refractivity contribution in [3.8, 4) is 5.75 Å². The van der Waals surface area contributed by atoms with Crippen molar-refractivity contribution in [1.29, 1.82) is 0 Å². The van der Waals surface area contributed by atoms with E-state index < -0.39 is 12.0 Å². The van der Waals surface area contributed by atoms with Crippen LogP contribution in [0.5, 0.6) is 5.75 Å². The Morgan fingerprint density at radius 3 is 2.77 bits per heavy atom. The lowest BCUT2D eigenvalue weighted by Gasteiger charge is -2.16. The van der Waals surface area contributed by atoms with Gasteiger partial charge in [0.15, 0.2) is 6.61 Å². The number of benzene rings is 1. The van der Waals surface area contributed by atoms with Crippen LogP contribution >= 0.6 is 11.3 Å². The maximum absolute atomic E-state index is 12.0. The van der Waals surface area contributed by atoms with E-state index in [-0.39, 0.29) is 18.9 Å². The molecule has 0 spiro atoms. The van der Waals surface area contributed by atoms with Crippen LogP contribution in [-0.4, -0.2) is 23.6 Å². The van der Waals surface area contributed by atoms with Gasteiger partial charge in [-0.2, -0.15) is 0 Å². The minimum Gasteiger partial charge on any atom is -0.484 e. The normalized spacial score (nSPS) is 11.7. The van der Waals surface area contributed by atoms with E-state index in [4.69, 9.17) is 9.84 Å². The molecule has 1 heterocycles. The van der Waals surface area contributed by atoms with E-state index in [0.29, 0.717) is 5.75 Å². The Morgan fingerprint density at radius 1 is 1.32 bits per heavy atom. The highest BCUT2D eigenvalue weighted by atomic mass is 32.1. The second-order valence-corrected chi connectivity index (χ2v) is 5.82. The fraction of sp³-hybridized carbons (Fsp3) is 0.250. The van der Waals surface area contributed by atoms with Crippen LogP contribution in [0.15, 0.2) is 41.8 Å². The van der Waals surface area contributed by atoms with E-state index in [2.05, 4.69) is 5.32 Å². The molecule has 2 aromatic rings. The van der Waals surface area contributed by atoms with Gasteiger partial charge in [-0.25, -0.2) is 0 Å². The minimum absolute atomic E-state index is 0.148. The van der Waals surface area contributed by atoms with Gasteiger partial charge in [0.05, 0.1) is 12.5 Å². The molecule has 22 heavy (non-hydrogen) atoms. The number of carboxylic acids is 1. The van der Waals surface area contributed by atoms with Crippen LogP contribution in [0.1, 0.15) is 22.9 Å². The van der Waals surface area contributed by atoms with Gasteiger partial charge >= 0.3 is 5.97 Å². The van der Waals surface area contributed by atoms with E-state index >= 15 is 0 Å². The van der Waals surface area contributed by atoms with Gasteiger partial charge in [0.25, 0.3) is 5.91 Å². The topological polar surface area (TPSA) is 75.6 Å². The zero-order valence-corrected chi connectivity index (χ0v) is 12.9. The second-order valence-electron chi connectivity index (χ2n) is 4.84. The highest BCUT2D eigenvalue weighted by Gasteiger charge is 2.19. The zero-order chi connectivity index (χ0) is 15.9. The first-order chi connectivity index (χ1) is 10.5. The number of thiophene rings is 1. The number of ether oxygens (including phenoxy) is 1. The lowest BCUT2D eigenvalue weighted by molar-refractivity contribution is -0.137. The molecule has 116 valence electrons. The number of rotatable bonds is 7. The predicted octanol–water partition coefficient (Wildman–Crippen LogP) is 2.77. The number of hydrogen-bond acceptors (Lipinski definition) is 4. The number of amides is 1. The van der Waals surface area contributed by atoms with Gasteiger partial charge in [-0.3, -0.25) is 9.59 Å². The van der Waals surface area contributed by atoms with E-state index in [1.807, 2.05) is 36.6 Å². The molecule has 6 heteroatoms. The number of aryl methyl sites for hydroxylation is 1. The molecule has 0 saturated carbocycles. The number of nitrogens with one attached hydrogen (secondary N) is 1. The molecular formula is C16H17NO4S. The molecule has 5 nitrogen and oxygen atoms in total. The highest BCUT2D eigenvalue weighted by Crippen LogP contribution is 2.22. The van der Waals surface area contributed by atoms with Crippen LogP contribution in [0.4, 0.5) is 0 Å². The molecule has 1 aromatic carbocycles. The van der Waals surface area contributed by atoms with Crippen molar-refractivity contribution in [2.45, 2.75) is 19.4 Å². The van der Waals surface area contributed by atoms with Gasteiger partial charge in [-0.05, 0) is 36.1 Å². The first-order valence-electron chi connectivity index (χ1n) is 6.78. The molecule has 1 amide bonds. The van der Waals surface area contributed by atoms with Gasteiger partial charge in [-0.1, -0.05) is 18.2 Å². The zero-order valence-electron chi connectivity index (χ0n) is 12.1. The lowest BCUT2D eigenvalue weighted by atomic mass is 10.1. The molecule has 0 bridgehead atoms. The Morgan fingerprint density at radius 2 is 2.14 bits per heavy atom. The molecule has 0 radical (unpaired) electrons. The summed E-state index contributed by atoms with van der Waals surface area (Å²) in [5, 5.41) is 13.5. The molecule has 0 fully saturated rings. The first kappa shape index (κ1) is 16.0. The summed E-state index contributed by atoms with van der Waals surface area (Å²) < 4.78 is 5.42. The Labute approximate surface area is 132 Å². The highest BCUT2D eigenvalue weighted by molar-refractivity contribution is 7.10. The Balaban J connectivity index is 1.92. The van der Waals surface area contributed by atoms with Crippen molar-refractivity contribution in [3.05, 3.63) is 52.2 Å². The Hall–Kier alpha value is -2.34. The molecular weight excluding hydrogens is 302 g/mol. The molecule has 1 atom stereocenters. The maximum Gasteiger partial charge on any atom is 0.305 e. The SMILES string of the molecule is Cc1cccc(OCC(=O)N[C@@H](CC(=O)O)c2cccs2)c1. The molecule has 0 unspecified atom stereocenters. The average molecular weight is 319 g/mol. The molecule has 2 N–H and O–H groups in total. The Bertz CT molecular complexity index is 639. The summed E-state index contributed by atoms with van der Waals surface area (Å²) in [6.07, 6.45) is -0.156. The molecule has 0 aliphatic rings. The third kappa shape index (κ3) is 4.89. The summed E-state index contributed by atoms with van der Waals surface area (Å²) in [6, 6.07) is 10.5. The average Bonchev–Trinajstić information content (AvgIpc) is 2.98. The summed E-state index contributed by atoms with van der Waals surface area (Å²) in [4.78, 5) is 23.7. The van der Waals surface area contributed by atoms with Crippen molar-refractivity contribution in [2.24, 2.45) is 0 Å². The van der Waals surface area contributed by atoms with Gasteiger partial charge in [-0.15, -0.1) is 11.3 Å². The van der Waals surface area contributed by atoms with Gasteiger partial charge in [0.1, 0.15) is 5.75 Å². The molecule has 1 aromatic heterocycles. The van der Waals surface area contributed by atoms with Crippen molar-refractivity contribution >= 4 is 23.2 Å². The van der Waals surface area contributed by atoms with Crippen molar-refractivity contribution < 1.29 is 19.4 Å². The molecule has 0 aliphatic heterocycles. The van der Waals surface area contributed by atoms with E-state index in [9.17, 15) is 9.59 Å². The summed E-state index contributed by atoms with van der Waals surface area (Å²) in [6.45, 7) is 1.79. The van der Waals surface area contributed by atoms with Crippen molar-refractivity contribution in [3.63, 3.8) is 0 Å². The third-order valence-corrected chi connectivity index (χ3v) is 3.95. The number of aliphatic carboxylic acids is 1. The number of carbonyl (C=O) groups is 2. The molecule has 2 rings (SSSR count). The largest absolute Gasteiger partial charge is 0.484 e. The monoisotopic (exact) mass is 319 g/mol. The second kappa shape index (κ2) is 7.61. The van der Waals surface area contributed by atoms with Crippen molar-refractivity contribution in [2.75, 3.05) is 6.61 Å². The van der Waals surface area contributed by atoms with Crippen LogP contribution < -0.4 is 10.1 Å². The fourth-order valence-electron chi connectivity index (χ4n) is 1.98. The summed E-state index contributed by atoms with van der Waals surface area (Å²) >= 11 is 1.41. The van der Waals surface area contributed by atoms with E-state index in [0.717, 1.165) is 10.4 Å². The van der Waals surface area contributed by atoms with Gasteiger partial charge in [0, 0.05) is 4.88 Å². The van der Waals surface area contributed by atoms with E-state index in [1.54, 1.807) is 12.1 Å². The van der Waals surface area contributed by atoms with Crippen LogP contribution in [0.2, 0.25) is 0 Å². The van der Waals surface area contributed by atoms with Gasteiger partial charge < -0.3 is 15.2 Å². The minimum atomic E-state index is -0.960. The van der Waals surface area contributed by atoms with Gasteiger partial charge in [0.2, 0.25) is 0 Å².